The van der Waals surface area contributed by atoms with Crippen molar-refractivity contribution in [1.29, 1.82) is 0 Å². The first-order chi connectivity index (χ1) is 25.2. The van der Waals surface area contributed by atoms with Gasteiger partial charge in [-0.2, -0.15) is 0 Å². The molecule has 12 heteroatoms. The molecule has 12 nitrogen and oxygen atoms in total. The fourth-order valence-electron chi connectivity index (χ4n) is 8.75. The number of hydrogen-bond donors (Lipinski definition) is 4. The number of nitrogens with one attached hydrogen (secondary N) is 1. The van der Waals surface area contributed by atoms with E-state index in [-0.39, 0.29) is 43.3 Å². The highest BCUT2D eigenvalue weighted by Gasteiger charge is 2.69. The van der Waals surface area contributed by atoms with Gasteiger partial charge in [-0.05, 0) is 78.5 Å². The quantitative estimate of drug-likeness (QED) is 0.167. The highest BCUT2D eigenvalue weighted by molar-refractivity contribution is 6.32. The average Bonchev–Trinajstić information content (AvgIpc) is 3.12. The number of phenols is 1. The summed E-state index contributed by atoms with van der Waals surface area (Å²) < 4.78 is 11.1. The maximum absolute atomic E-state index is 14.3. The first-order valence-electron chi connectivity index (χ1n) is 17.9. The SMILES string of the molecule is CCOC(=O)C(Cc1ccccc1)NCc1ccc(OC)c(-c2ccc(O)c3c2C[C@H]2C[C@H]4[C@H](C(C)C)C(=O)C(C(N)=O)C(=O)[C@@]4(O)C(=O)C2C3=O)c1. The van der Waals surface area contributed by atoms with Gasteiger partial charge in [0.05, 0.1) is 25.2 Å². The van der Waals surface area contributed by atoms with Crippen LogP contribution in [0, 0.1) is 35.5 Å². The lowest BCUT2D eigenvalue weighted by Crippen LogP contribution is -2.71. The van der Waals surface area contributed by atoms with Crippen molar-refractivity contribution in [3.05, 3.63) is 82.9 Å². The Balaban J connectivity index is 1.37. The van der Waals surface area contributed by atoms with E-state index in [4.69, 9.17) is 15.2 Å². The monoisotopic (exact) mass is 724 g/mol. The summed E-state index contributed by atoms with van der Waals surface area (Å²) in [6, 6.07) is 17.4. The van der Waals surface area contributed by atoms with Crippen molar-refractivity contribution in [2.24, 2.45) is 41.2 Å². The number of aromatic hydroxyl groups is 1. The molecule has 0 aliphatic heterocycles. The molecule has 0 bridgehead atoms. The van der Waals surface area contributed by atoms with Gasteiger partial charge in [-0.15, -0.1) is 0 Å². The maximum Gasteiger partial charge on any atom is 0.323 e. The summed E-state index contributed by atoms with van der Waals surface area (Å²) in [4.78, 5) is 80.9. The van der Waals surface area contributed by atoms with Crippen LogP contribution in [0.4, 0.5) is 0 Å². The first-order valence-corrected chi connectivity index (χ1v) is 17.9. The topological polar surface area (TPSA) is 199 Å². The Morgan fingerprint density at radius 1 is 0.981 bits per heavy atom. The van der Waals surface area contributed by atoms with Gasteiger partial charge < -0.3 is 30.7 Å². The number of amides is 1. The van der Waals surface area contributed by atoms with Crippen molar-refractivity contribution in [3.8, 4) is 22.6 Å². The molecule has 0 aromatic heterocycles. The van der Waals surface area contributed by atoms with Crippen LogP contribution < -0.4 is 15.8 Å². The smallest absolute Gasteiger partial charge is 0.323 e. The molecule has 1 amide bonds. The van der Waals surface area contributed by atoms with Gasteiger partial charge >= 0.3 is 5.97 Å². The summed E-state index contributed by atoms with van der Waals surface area (Å²) >= 11 is 0. The zero-order valence-electron chi connectivity index (χ0n) is 30.1. The largest absolute Gasteiger partial charge is 0.507 e. The third kappa shape index (κ3) is 6.44. The molecule has 0 saturated heterocycles. The lowest BCUT2D eigenvalue weighted by Gasteiger charge is -2.52. The lowest BCUT2D eigenvalue weighted by atomic mass is 9.49. The molecule has 6 rings (SSSR count). The second kappa shape index (κ2) is 14.7. The van der Waals surface area contributed by atoms with Gasteiger partial charge in [0.25, 0.3) is 0 Å². The summed E-state index contributed by atoms with van der Waals surface area (Å²) in [6.45, 7) is 5.66. The van der Waals surface area contributed by atoms with Crippen LogP contribution in [-0.4, -0.2) is 70.6 Å². The second-order valence-electron chi connectivity index (χ2n) is 14.5. The fraction of sp³-hybridized carbons (Fsp3) is 0.415. The van der Waals surface area contributed by atoms with Gasteiger partial charge in [0.15, 0.2) is 34.7 Å². The number of rotatable bonds is 11. The number of primary amides is 1. The summed E-state index contributed by atoms with van der Waals surface area (Å²) in [7, 11) is 1.50. The minimum atomic E-state index is -2.77. The fourth-order valence-corrected chi connectivity index (χ4v) is 8.75. The Kier molecular flexibility index (Phi) is 10.4. The molecule has 3 aromatic carbocycles. The number of aliphatic hydroxyl groups is 1. The Labute approximate surface area is 307 Å². The van der Waals surface area contributed by atoms with Crippen LogP contribution in [0.3, 0.4) is 0 Å². The van der Waals surface area contributed by atoms with E-state index in [0.29, 0.717) is 28.9 Å². The number of carbonyl (C=O) groups is 6. The number of ether oxygens (including phenoxy) is 2. The Hall–Kier alpha value is -5.20. The number of hydrogen-bond acceptors (Lipinski definition) is 11. The highest BCUT2D eigenvalue weighted by Crippen LogP contribution is 2.54. The standard InChI is InChI=1S/C41H44N2O10/c1-5-53-40(50)28(16-21-9-7-6-8-10-21)43-19-22-11-14-30(52-4)25(15-22)24-12-13-29(44)33-26(24)17-23-18-27-31(20(2)3)35(45)34(39(42)49)38(48)41(27,51)37(47)32(23)36(33)46/h6-15,20,23,27-28,31-32,34,43-44,51H,5,16-19H2,1-4H3,(H2,42,49)/t23-,27-,28?,31-,32?,34?,41-/m0/s1. The molecule has 0 heterocycles. The van der Waals surface area contributed by atoms with Gasteiger partial charge in [0.2, 0.25) is 5.91 Å². The van der Waals surface area contributed by atoms with E-state index in [9.17, 15) is 39.0 Å². The minimum Gasteiger partial charge on any atom is -0.507 e. The van der Waals surface area contributed by atoms with Crippen LogP contribution in [0.25, 0.3) is 11.1 Å². The molecule has 2 saturated carbocycles. The number of phenolic OH excluding ortho intramolecular Hbond substituents is 1. The average molecular weight is 725 g/mol. The van der Waals surface area contributed by atoms with Crippen LogP contribution in [0.2, 0.25) is 0 Å². The molecule has 278 valence electrons. The summed E-state index contributed by atoms with van der Waals surface area (Å²) in [5.41, 5.74) is 5.91. The van der Waals surface area contributed by atoms with Gasteiger partial charge in [0, 0.05) is 23.9 Å². The Morgan fingerprint density at radius 3 is 2.34 bits per heavy atom. The molecule has 7 atom stereocenters. The van der Waals surface area contributed by atoms with Gasteiger partial charge in [-0.1, -0.05) is 56.3 Å². The number of nitrogens with two attached hydrogens (primary N) is 1. The lowest BCUT2D eigenvalue weighted by molar-refractivity contribution is -0.182. The zero-order chi connectivity index (χ0) is 38.4. The third-order valence-electron chi connectivity index (χ3n) is 11.2. The predicted molar refractivity (Wildman–Crippen MR) is 192 cm³/mol. The molecule has 3 unspecified atom stereocenters. The molecule has 3 aliphatic rings. The molecule has 53 heavy (non-hydrogen) atoms. The number of ketones is 4. The number of methoxy groups -OCH3 is 1. The number of carbonyl (C=O) groups excluding carboxylic acids is 6. The minimum absolute atomic E-state index is 0.0310. The van der Waals surface area contributed by atoms with Crippen molar-refractivity contribution in [2.45, 2.75) is 58.2 Å². The summed E-state index contributed by atoms with van der Waals surface area (Å²) in [5, 5.41) is 26.3. The Morgan fingerprint density at radius 2 is 1.70 bits per heavy atom. The number of esters is 1. The van der Waals surface area contributed by atoms with E-state index in [1.54, 1.807) is 32.9 Å². The van der Waals surface area contributed by atoms with Crippen LogP contribution in [0.1, 0.15) is 54.2 Å². The van der Waals surface area contributed by atoms with Gasteiger partial charge in [-0.3, -0.25) is 28.8 Å². The normalized spacial score (nSPS) is 25.7. The van der Waals surface area contributed by atoms with Crippen molar-refractivity contribution in [2.75, 3.05) is 13.7 Å². The van der Waals surface area contributed by atoms with Crippen molar-refractivity contribution < 1.29 is 48.5 Å². The van der Waals surface area contributed by atoms with Gasteiger partial charge in [-0.25, -0.2) is 0 Å². The molecule has 0 spiro atoms. The predicted octanol–water partition coefficient (Wildman–Crippen LogP) is 3.15. The first kappa shape index (κ1) is 37.6. The van der Waals surface area contributed by atoms with Crippen molar-refractivity contribution in [1.82, 2.24) is 5.32 Å². The van der Waals surface area contributed by atoms with Crippen LogP contribution in [0.15, 0.2) is 60.7 Å². The Bertz CT molecular complexity index is 1990. The summed E-state index contributed by atoms with van der Waals surface area (Å²) in [6.07, 6.45) is 0.482. The molecule has 2 fully saturated rings. The van der Waals surface area contributed by atoms with Crippen molar-refractivity contribution in [3.63, 3.8) is 0 Å². The van der Waals surface area contributed by atoms with Crippen LogP contribution >= 0.6 is 0 Å². The van der Waals surface area contributed by atoms with Gasteiger partial charge in [0.1, 0.15) is 17.5 Å². The van der Waals surface area contributed by atoms with E-state index in [2.05, 4.69) is 5.32 Å². The molecular weight excluding hydrogens is 680 g/mol. The molecule has 0 radical (unpaired) electrons. The van der Waals surface area contributed by atoms with E-state index in [0.717, 1.165) is 11.1 Å². The number of Topliss-reactive ketones (excluding diaryl/α,β-unsaturated/α-hetero) is 4. The highest BCUT2D eigenvalue weighted by atomic mass is 16.5. The van der Waals surface area contributed by atoms with E-state index < -0.39 is 76.2 Å². The molecule has 3 aromatic rings. The number of fused-ring (bicyclic) bond motifs is 3. The number of benzene rings is 3. The maximum atomic E-state index is 14.3. The molecular formula is C41H44N2O10. The molecule has 5 N–H and O–H groups in total. The van der Waals surface area contributed by atoms with Crippen molar-refractivity contribution >= 4 is 35.0 Å². The van der Waals surface area contributed by atoms with Crippen LogP contribution in [0.5, 0.6) is 11.5 Å². The summed E-state index contributed by atoms with van der Waals surface area (Å²) in [5.74, 6) is -12.3. The molecule has 3 aliphatic carbocycles. The van der Waals surface area contributed by atoms with Crippen LogP contribution in [-0.2, 0) is 48.1 Å². The second-order valence-corrected chi connectivity index (χ2v) is 14.5. The van der Waals surface area contributed by atoms with E-state index in [1.165, 1.54) is 13.2 Å². The van der Waals surface area contributed by atoms with E-state index >= 15 is 0 Å². The van der Waals surface area contributed by atoms with E-state index in [1.807, 2.05) is 42.5 Å². The third-order valence-corrected chi connectivity index (χ3v) is 11.2. The zero-order valence-corrected chi connectivity index (χ0v) is 30.1.